The zero-order chi connectivity index (χ0) is 25.2. The van der Waals surface area contributed by atoms with Gasteiger partial charge in [0.25, 0.3) is 5.56 Å². The fourth-order valence-corrected chi connectivity index (χ4v) is 4.14. The van der Waals surface area contributed by atoms with Crippen LogP contribution in [0.15, 0.2) is 72.0 Å². The van der Waals surface area contributed by atoms with Gasteiger partial charge in [0.15, 0.2) is 5.82 Å². The van der Waals surface area contributed by atoms with Gasteiger partial charge in [-0.15, -0.1) is 0 Å². The fourth-order valence-electron chi connectivity index (χ4n) is 3.92. The predicted molar refractivity (Wildman–Crippen MR) is 132 cm³/mol. The third kappa shape index (κ3) is 4.42. The molecule has 4 heterocycles. The smallest absolute Gasteiger partial charge is 0.268 e. The van der Waals surface area contributed by atoms with E-state index < -0.39 is 11.4 Å². The number of halogens is 2. The second-order valence-corrected chi connectivity index (χ2v) is 8.42. The fraction of sp³-hybridized carbons (Fsp3) is 0.115. The number of ether oxygens (including phenoxy) is 1. The van der Waals surface area contributed by atoms with Crippen molar-refractivity contribution in [2.75, 3.05) is 0 Å². The molecule has 36 heavy (non-hydrogen) atoms. The molecule has 0 bridgehead atoms. The molecule has 0 atom stereocenters. The maximum atomic E-state index is 13.6. The minimum atomic E-state index is -0.441. The van der Waals surface area contributed by atoms with Crippen molar-refractivity contribution < 1.29 is 9.13 Å². The zero-order valence-corrected chi connectivity index (χ0v) is 19.8. The van der Waals surface area contributed by atoms with Crippen LogP contribution in [-0.4, -0.2) is 24.3 Å². The van der Waals surface area contributed by atoms with E-state index in [9.17, 15) is 9.18 Å². The Kier molecular flexibility index (Phi) is 6.19. The second-order valence-electron chi connectivity index (χ2n) is 8.01. The highest BCUT2D eigenvalue weighted by atomic mass is 35.5. The molecule has 0 saturated heterocycles. The largest absolute Gasteiger partial charge is 0.486 e. The third-order valence-corrected chi connectivity index (χ3v) is 5.98. The minimum absolute atomic E-state index is 0.0439. The summed E-state index contributed by atoms with van der Waals surface area (Å²) in [5.74, 6) is 0.0581. The highest BCUT2D eigenvalue weighted by Crippen LogP contribution is 2.30. The highest BCUT2D eigenvalue weighted by molar-refractivity contribution is 6.31. The van der Waals surface area contributed by atoms with Crippen LogP contribution in [0.5, 0.6) is 5.75 Å². The topological polar surface area (TPSA) is 98.6 Å². The molecule has 0 N–H and O–H groups in total. The van der Waals surface area contributed by atoms with Crippen LogP contribution in [-0.2, 0) is 13.2 Å². The molecule has 0 aliphatic carbocycles. The van der Waals surface area contributed by atoms with Crippen molar-refractivity contribution in [3.63, 3.8) is 0 Å². The van der Waals surface area contributed by atoms with Crippen molar-refractivity contribution in [1.29, 1.82) is 5.26 Å². The first-order chi connectivity index (χ1) is 17.4. The number of benzene rings is 1. The number of nitriles is 1. The van der Waals surface area contributed by atoms with Gasteiger partial charge in [-0.3, -0.25) is 9.78 Å². The zero-order valence-electron chi connectivity index (χ0n) is 19.0. The Hall–Kier alpha value is -4.55. The first-order valence-corrected chi connectivity index (χ1v) is 11.3. The Balaban J connectivity index is 1.50. The van der Waals surface area contributed by atoms with Crippen molar-refractivity contribution in [3.8, 4) is 17.5 Å². The summed E-state index contributed by atoms with van der Waals surface area (Å²) in [6.07, 6.45) is 5.59. The molecular weight excluding hydrogens is 483 g/mol. The summed E-state index contributed by atoms with van der Waals surface area (Å²) in [6.45, 7) is 2.02. The van der Waals surface area contributed by atoms with Crippen molar-refractivity contribution in [3.05, 3.63) is 111 Å². The van der Waals surface area contributed by atoms with Crippen LogP contribution in [0.4, 0.5) is 4.39 Å². The average molecular weight is 501 g/mol. The minimum Gasteiger partial charge on any atom is -0.486 e. The van der Waals surface area contributed by atoms with Crippen molar-refractivity contribution in [2.24, 2.45) is 0 Å². The number of nitrogens with zero attached hydrogens (tertiary/aromatic N) is 6. The van der Waals surface area contributed by atoms with E-state index in [-0.39, 0.29) is 18.7 Å². The summed E-state index contributed by atoms with van der Waals surface area (Å²) >= 11 is 6.49. The lowest BCUT2D eigenvalue weighted by Crippen LogP contribution is -2.23. The van der Waals surface area contributed by atoms with E-state index in [1.165, 1.54) is 21.5 Å². The molecule has 0 amide bonds. The molecule has 0 radical (unpaired) electrons. The summed E-state index contributed by atoms with van der Waals surface area (Å²) in [4.78, 5) is 21.6. The SMILES string of the molecule is Cc1cc(-n2cc(F)cn2)c2cccc(OCc3c(Cl)ccnc3Cn3cccc(C#N)c3=O)c2n1. The molecule has 0 aliphatic heterocycles. The van der Waals surface area contributed by atoms with Crippen LogP contribution >= 0.6 is 11.6 Å². The number of pyridine rings is 3. The molecule has 8 nitrogen and oxygen atoms in total. The molecule has 0 fully saturated rings. The third-order valence-electron chi connectivity index (χ3n) is 5.63. The van der Waals surface area contributed by atoms with Gasteiger partial charge in [0.05, 0.1) is 35.3 Å². The second kappa shape index (κ2) is 9.60. The molecule has 5 rings (SSSR count). The molecule has 178 valence electrons. The Morgan fingerprint density at radius 3 is 2.86 bits per heavy atom. The monoisotopic (exact) mass is 500 g/mol. The van der Waals surface area contributed by atoms with E-state index in [1.807, 2.05) is 31.2 Å². The van der Waals surface area contributed by atoms with E-state index >= 15 is 0 Å². The van der Waals surface area contributed by atoms with Crippen LogP contribution in [0, 0.1) is 24.1 Å². The van der Waals surface area contributed by atoms with Crippen LogP contribution in [0.2, 0.25) is 5.02 Å². The quantitative estimate of drug-likeness (QED) is 0.338. The summed E-state index contributed by atoms with van der Waals surface area (Å²) in [6, 6.07) is 13.9. The number of rotatable bonds is 6. The number of fused-ring (bicyclic) bond motifs is 1. The van der Waals surface area contributed by atoms with Crippen LogP contribution in [0.25, 0.3) is 16.6 Å². The van der Waals surface area contributed by atoms with Crippen molar-refractivity contribution in [1.82, 2.24) is 24.3 Å². The van der Waals surface area contributed by atoms with Crippen LogP contribution in [0.1, 0.15) is 22.5 Å². The number of hydrogen-bond acceptors (Lipinski definition) is 6. The van der Waals surface area contributed by atoms with Gasteiger partial charge >= 0.3 is 0 Å². The first kappa shape index (κ1) is 23.2. The normalized spacial score (nSPS) is 10.9. The number of aromatic nitrogens is 5. The highest BCUT2D eigenvalue weighted by Gasteiger charge is 2.15. The van der Waals surface area contributed by atoms with E-state index in [2.05, 4.69) is 15.1 Å². The van der Waals surface area contributed by atoms with Gasteiger partial charge in [0.1, 0.15) is 29.5 Å². The Morgan fingerprint density at radius 2 is 2.08 bits per heavy atom. The Bertz CT molecular complexity index is 1710. The molecule has 0 spiro atoms. The van der Waals surface area contributed by atoms with E-state index in [1.54, 1.807) is 30.6 Å². The Morgan fingerprint density at radius 1 is 1.22 bits per heavy atom. The number of para-hydroxylation sites is 1. The molecule has 10 heteroatoms. The molecule has 0 aliphatic rings. The molecule has 4 aromatic heterocycles. The summed E-state index contributed by atoms with van der Waals surface area (Å²) in [5, 5.41) is 14.4. The van der Waals surface area contributed by atoms with Crippen LogP contribution in [0.3, 0.4) is 0 Å². The van der Waals surface area contributed by atoms with Gasteiger partial charge in [-0.1, -0.05) is 23.7 Å². The maximum Gasteiger partial charge on any atom is 0.268 e. The standard InChI is InChI=1S/C26H18ClFN6O2/c1-16-10-23(34-13-18(28)12-31-34)19-5-2-6-24(25(19)32-16)36-15-20-21(27)7-8-30-22(20)14-33-9-3-4-17(11-29)26(33)35/h2-10,12-13H,14-15H2,1H3. The number of aryl methyl sites for hydroxylation is 1. The lowest BCUT2D eigenvalue weighted by molar-refractivity contribution is 0.307. The average Bonchev–Trinajstić information content (AvgIpc) is 3.30. The van der Waals surface area contributed by atoms with Gasteiger partial charge in [-0.2, -0.15) is 10.4 Å². The van der Waals surface area contributed by atoms with Gasteiger partial charge in [0, 0.05) is 29.0 Å². The maximum absolute atomic E-state index is 13.6. The molecule has 0 saturated carbocycles. The van der Waals surface area contributed by atoms with Gasteiger partial charge < -0.3 is 9.30 Å². The van der Waals surface area contributed by atoms with E-state index in [0.717, 1.165) is 11.6 Å². The first-order valence-electron chi connectivity index (χ1n) is 10.9. The van der Waals surface area contributed by atoms with Crippen LogP contribution < -0.4 is 10.3 Å². The van der Waals surface area contributed by atoms with E-state index in [4.69, 9.17) is 21.6 Å². The summed E-state index contributed by atoms with van der Waals surface area (Å²) in [7, 11) is 0. The molecule has 1 aromatic carbocycles. The van der Waals surface area contributed by atoms with Gasteiger partial charge in [-0.05, 0) is 37.3 Å². The molecule has 5 aromatic rings. The molecule has 0 unspecified atom stereocenters. The molecular formula is C26H18ClFN6O2. The van der Waals surface area contributed by atoms with Gasteiger partial charge in [0.2, 0.25) is 0 Å². The number of hydrogen-bond donors (Lipinski definition) is 0. The summed E-state index contributed by atoms with van der Waals surface area (Å²) < 4.78 is 22.6. The van der Waals surface area contributed by atoms with Crippen molar-refractivity contribution >= 4 is 22.5 Å². The van der Waals surface area contributed by atoms with Gasteiger partial charge in [-0.25, -0.2) is 14.1 Å². The van der Waals surface area contributed by atoms with Crippen molar-refractivity contribution in [2.45, 2.75) is 20.1 Å². The predicted octanol–water partition coefficient (Wildman–Crippen LogP) is 4.58. The Labute approximate surface area is 209 Å². The lowest BCUT2D eigenvalue weighted by Gasteiger charge is -2.15. The lowest BCUT2D eigenvalue weighted by atomic mass is 10.1. The summed E-state index contributed by atoms with van der Waals surface area (Å²) in [5.41, 5.74) is 2.74. The van der Waals surface area contributed by atoms with E-state index in [0.29, 0.717) is 38.9 Å².